The minimum atomic E-state index is -4.79. The van der Waals surface area contributed by atoms with Gasteiger partial charge < -0.3 is 20.0 Å². The zero-order valence-corrected chi connectivity index (χ0v) is 16.0. The summed E-state index contributed by atoms with van der Waals surface area (Å²) in [5.74, 6) is -0.454. The average Bonchev–Trinajstić information content (AvgIpc) is 2.65. The van der Waals surface area contributed by atoms with E-state index < -0.39 is 12.3 Å². The molecule has 0 spiro atoms. The number of amides is 1. The molecule has 0 radical (unpaired) electrons. The molecule has 156 valence electrons. The Morgan fingerprint density at radius 1 is 1.03 bits per heavy atom. The molecule has 0 saturated carbocycles. The summed E-state index contributed by atoms with van der Waals surface area (Å²) in [5.41, 5.74) is 2.20. The number of carbonyl (C=O) groups is 1. The molecule has 1 aromatic heterocycles. The zero-order chi connectivity index (χ0) is 21.9. The van der Waals surface area contributed by atoms with E-state index in [1.807, 2.05) is 13.8 Å². The van der Waals surface area contributed by atoms with Crippen molar-refractivity contribution >= 4 is 11.6 Å². The summed E-state index contributed by atoms with van der Waals surface area (Å²) in [6.07, 6.45) is -2.30. The monoisotopic (exact) mass is 418 g/mol. The van der Waals surface area contributed by atoms with Crippen molar-refractivity contribution in [1.29, 1.82) is 0 Å². The molecule has 3 aromatic rings. The first-order chi connectivity index (χ1) is 14.1. The Labute approximate surface area is 170 Å². The molecule has 1 amide bonds. The summed E-state index contributed by atoms with van der Waals surface area (Å²) in [5, 5.41) is 14.0. The Morgan fingerprint density at radius 2 is 1.67 bits per heavy atom. The van der Waals surface area contributed by atoms with Crippen molar-refractivity contribution in [2.45, 2.75) is 20.2 Å². The second kappa shape index (κ2) is 8.32. The molecule has 30 heavy (non-hydrogen) atoms. The van der Waals surface area contributed by atoms with E-state index in [-0.39, 0.29) is 22.8 Å². The number of benzene rings is 2. The van der Waals surface area contributed by atoms with Crippen LogP contribution in [0.4, 0.5) is 18.9 Å². The summed E-state index contributed by atoms with van der Waals surface area (Å²) in [6, 6.07) is 11.2. The van der Waals surface area contributed by atoms with Crippen LogP contribution < -0.4 is 19.5 Å². The first kappa shape index (κ1) is 21.0. The lowest BCUT2D eigenvalue weighted by molar-refractivity contribution is -0.604. The predicted molar refractivity (Wildman–Crippen MR) is 102 cm³/mol. The summed E-state index contributed by atoms with van der Waals surface area (Å²) < 4.78 is 47.0. The van der Waals surface area contributed by atoms with Crippen molar-refractivity contribution in [1.82, 2.24) is 0 Å². The van der Waals surface area contributed by atoms with E-state index in [0.29, 0.717) is 10.4 Å². The number of halogens is 3. The van der Waals surface area contributed by atoms with Gasteiger partial charge in [-0.3, -0.25) is 4.79 Å². The number of alkyl halides is 3. The van der Waals surface area contributed by atoms with Crippen LogP contribution in [0.5, 0.6) is 17.2 Å². The summed E-state index contributed by atoms with van der Waals surface area (Å²) in [7, 11) is 0. The van der Waals surface area contributed by atoms with E-state index >= 15 is 0 Å². The number of rotatable bonds is 5. The maximum Gasteiger partial charge on any atom is 0.573 e. The van der Waals surface area contributed by atoms with E-state index in [1.54, 1.807) is 18.2 Å². The van der Waals surface area contributed by atoms with Gasteiger partial charge in [-0.2, -0.15) is 4.73 Å². The van der Waals surface area contributed by atoms with Gasteiger partial charge in [0.25, 0.3) is 5.91 Å². The van der Waals surface area contributed by atoms with Gasteiger partial charge in [0.2, 0.25) is 6.20 Å². The van der Waals surface area contributed by atoms with Crippen LogP contribution in [0, 0.1) is 19.1 Å². The molecule has 1 N–H and O–H groups in total. The number of hydrogen-bond donors (Lipinski definition) is 1. The van der Waals surface area contributed by atoms with Crippen LogP contribution in [-0.2, 0) is 0 Å². The van der Waals surface area contributed by atoms with Crippen LogP contribution in [0.3, 0.4) is 0 Å². The maximum atomic E-state index is 12.8. The fraction of sp³-hybridized carbons (Fsp3) is 0.143. The van der Waals surface area contributed by atoms with Gasteiger partial charge in [-0.25, -0.2) is 0 Å². The van der Waals surface area contributed by atoms with Gasteiger partial charge in [0.1, 0.15) is 22.9 Å². The number of carbonyl (C=O) groups excluding carboxylic acids is 1. The molecule has 0 aliphatic rings. The number of hydrogen-bond acceptors (Lipinski definition) is 4. The van der Waals surface area contributed by atoms with E-state index in [2.05, 4.69) is 10.1 Å². The highest BCUT2D eigenvalue weighted by atomic mass is 19.4. The van der Waals surface area contributed by atoms with Gasteiger partial charge in [0.15, 0.2) is 6.20 Å². The van der Waals surface area contributed by atoms with Crippen LogP contribution in [0.15, 0.2) is 60.9 Å². The van der Waals surface area contributed by atoms with E-state index in [0.717, 1.165) is 23.3 Å². The smallest absolute Gasteiger partial charge is 0.573 e. The third kappa shape index (κ3) is 5.40. The molecule has 0 unspecified atom stereocenters. The van der Waals surface area contributed by atoms with Crippen molar-refractivity contribution < 1.29 is 32.2 Å². The van der Waals surface area contributed by atoms with E-state index in [9.17, 15) is 23.2 Å². The summed E-state index contributed by atoms with van der Waals surface area (Å²) in [6.45, 7) is 3.66. The first-order valence-electron chi connectivity index (χ1n) is 8.76. The zero-order valence-electron chi connectivity index (χ0n) is 16.0. The van der Waals surface area contributed by atoms with Crippen molar-refractivity contribution in [3.8, 4) is 17.2 Å². The van der Waals surface area contributed by atoms with Crippen molar-refractivity contribution in [2.75, 3.05) is 5.32 Å². The Morgan fingerprint density at radius 3 is 2.30 bits per heavy atom. The number of pyridine rings is 1. The first-order valence-corrected chi connectivity index (χ1v) is 8.76. The molecule has 0 bridgehead atoms. The lowest BCUT2D eigenvalue weighted by Crippen LogP contribution is -2.25. The van der Waals surface area contributed by atoms with Gasteiger partial charge in [-0.05, 0) is 67.4 Å². The van der Waals surface area contributed by atoms with Gasteiger partial charge in [0.05, 0.1) is 5.56 Å². The second-order valence-electron chi connectivity index (χ2n) is 6.46. The Bertz CT molecular complexity index is 1070. The molecular formula is C21H17F3N2O4. The van der Waals surface area contributed by atoms with E-state index in [1.165, 1.54) is 30.6 Å². The quantitative estimate of drug-likeness (QED) is 0.473. The molecule has 0 aliphatic carbocycles. The standard InChI is InChI=1S/C21H17F3N2O4/c1-13-10-18(20(27)25-15-4-3-9-26(28)12-15)19(11-14(13)2)29-16-5-7-17(8-6-16)30-21(22,23)24/h3-12H,1-2H3,(H,25,27). The number of aromatic nitrogens is 1. The predicted octanol–water partition coefficient (Wildman–Crippen LogP) is 4.88. The summed E-state index contributed by atoms with van der Waals surface area (Å²) in [4.78, 5) is 12.8. The molecule has 1 heterocycles. The highest BCUT2D eigenvalue weighted by Gasteiger charge is 2.31. The van der Waals surface area contributed by atoms with Crippen molar-refractivity contribution in [2.24, 2.45) is 0 Å². The molecule has 6 nitrogen and oxygen atoms in total. The van der Waals surface area contributed by atoms with Gasteiger partial charge in [-0.15, -0.1) is 13.2 Å². The molecule has 0 fully saturated rings. The largest absolute Gasteiger partial charge is 0.619 e. The highest BCUT2D eigenvalue weighted by molar-refractivity contribution is 6.06. The number of nitrogens with one attached hydrogen (secondary N) is 1. The molecule has 0 aliphatic heterocycles. The molecular weight excluding hydrogens is 401 g/mol. The van der Waals surface area contributed by atoms with Crippen molar-refractivity contribution in [3.63, 3.8) is 0 Å². The topological polar surface area (TPSA) is 74.5 Å². The Kier molecular flexibility index (Phi) is 5.81. The second-order valence-corrected chi connectivity index (χ2v) is 6.46. The summed E-state index contributed by atoms with van der Waals surface area (Å²) >= 11 is 0. The third-order valence-electron chi connectivity index (χ3n) is 4.16. The minimum Gasteiger partial charge on any atom is -0.619 e. The fourth-order valence-corrected chi connectivity index (χ4v) is 2.61. The van der Waals surface area contributed by atoms with Crippen LogP contribution in [0.1, 0.15) is 21.5 Å². The van der Waals surface area contributed by atoms with Crippen LogP contribution in [0.2, 0.25) is 0 Å². The number of anilines is 1. The van der Waals surface area contributed by atoms with Crippen LogP contribution >= 0.6 is 0 Å². The average molecular weight is 418 g/mol. The van der Waals surface area contributed by atoms with Crippen molar-refractivity contribution in [3.05, 3.63) is 82.8 Å². The Balaban J connectivity index is 1.85. The normalized spacial score (nSPS) is 11.1. The number of aryl methyl sites for hydroxylation is 2. The molecule has 0 atom stereocenters. The minimum absolute atomic E-state index is 0.204. The SMILES string of the molecule is Cc1cc(Oc2ccc(OC(F)(F)F)cc2)c(C(=O)Nc2ccc[n+]([O-])c2)cc1C. The van der Waals surface area contributed by atoms with Crippen LogP contribution in [0.25, 0.3) is 0 Å². The molecule has 9 heteroatoms. The van der Waals surface area contributed by atoms with Crippen LogP contribution in [-0.4, -0.2) is 12.3 Å². The number of nitrogens with zero attached hydrogens (tertiary/aromatic N) is 1. The maximum absolute atomic E-state index is 12.8. The molecule has 2 aromatic carbocycles. The van der Waals surface area contributed by atoms with Gasteiger partial charge >= 0.3 is 6.36 Å². The Hall–Kier alpha value is -3.75. The molecule has 3 rings (SSSR count). The lowest BCUT2D eigenvalue weighted by atomic mass is 10.0. The van der Waals surface area contributed by atoms with Gasteiger partial charge in [-0.1, -0.05) is 0 Å². The number of ether oxygens (including phenoxy) is 2. The molecule has 0 saturated heterocycles. The lowest BCUT2D eigenvalue weighted by Gasteiger charge is -2.14. The van der Waals surface area contributed by atoms with Gasteiger partial charge in [0, 0.05) is 6.07 Å². The highest BCUT2D eigenvalue weighted by Crippen LogP contribution is 2.31. The fourth-order valence-electron chi connectivity index (χ4n) is 2.61. The third-order valence-corrected chi connectivity index (χ3v) is 4.16. The van der Waals surface area contributed by atoms with E-state index in [4.69, 9.17) is 4.74 Å².